The first-order valence-corrected chi connectivity index (χ1v) is 11.3. The molecule has 4 heterocycles. The molecule has 8 nitrogen and oxygen atoms in total. The van der Waals surface area contributed by atoms with Crippen LogP contribution in [-0.2, 0) is 12.8 Å². The number of amides is 2. The highest BCUT2D eigenvalue weighted by molar-refractivity contribution is 7.17. The van der Waals surface area contributed by atoms with Gasteiger partial charge in [0.1, 0.15) is 22.1 Å². The number of nitrogens with zero attached hydrogens (tertiary/aromatic N) is 2. The van der Waals surface area contributed by atoms with Gasteiger partial charge in [0.15, 0.2) is 6.04 Å². The number of carbonyl (C=O) groups excluding carboxylic acids is 2. The third-order valence-electron chi connectivity index (χ3n) is 6.01. The van der Waals surface area contributed by atoms with Crippen LogP contribution < -0.4 is 16.4 Å². The molecule has 1 aliphatic heterocycles. The van der Waals surface area contributed by atoms with Crippen LogP contribution in [0.2, 0.25) is 0 Å². The maximum atomic E-state index is 13.8. The summed E-state index contributed by atoms with van der Waals surface area (Å²) < 4.78 is 47.5. The molecule has 0 fully saturated rings. The van der Waals surface area contributed by atoms with E-state index in [0.717, 1.165) is 40.6 Å². The monoisotopic (exact) mass is 479 g/mol. The van der Waals surface area contributed by atoms with Crippen LogP contribution in [0.15, 0.2) is 29.0 Å². The minimum Gasteiger partial charge on any atom is -0.467 e. The van der Waals surface area contributed by atoms with E-state index in [2.05, 4.69) is 15.7 Å². The lowest BCUT2D eigenvalue weighted by atomic mass is 9.95. The average Bonchev–Trinajstić information content (AvgIpc) is 3.49. The van der Waals surface area contributed by atoms with Crippen LogP contribution in [0.25, 0.3) is 0 Å². The van der Waals surface area contributed by atoms with Crippen molar-refractivity contribution in [2.45, 2.75) is 50.4 Å². The molecule has 12 heteroatoms. The normalized spacial score (nSPS) is 20.0. The zero-order chi connectivity index (χ0) is 23.3. The topological polar surface area (TPSA) is 115 Å². The number of carbonyl (C=O) groups is 2. The van der Waals surface area contributed by atoms with E-state index >= 15 is 0 Å². The van der Waals surface area contributed by atoms with Crippen molar-refractivity contribution < 1.29 is 27.2 Å². The third-order valence-corrected chi connectivity index (χ3v) is 7.22. The average molecular weight is 479 g/mol. The SMILES string of the molecule is NC(=O)c1c(NC(=O)c2cnn3c2N[C@@H](c2ccco2)C[C@@H]3C(F)(F)F)sc2c1CCCC2. The number of nitrogens with two attached hydrogens (primary N) is 1. The van der Waals surface area contributed by atoms with Crippen LogP contribution in [0.3, 0.4) is 0 Å². The first-order chi connectivity index (χ1) is 15.7. The van der Waals surface area contributed by atoms with Crippen LogP contribution in [0.4, 0.5) is 24.0 Å². The van der Waals surface area contributed by atoms with Gasteiger partial charge in [-0.25, -0.2) is 4.68 Å². The zero-order valence-corrected chi connectivity index (χ0v) is 18.1. The maximum absolute atomic E-state index is 13.8. The Kier molecular flexibility index (Phi) is 5.19. The predicted octanol–water partition coefficient (Wildman–Crippen LogP) is 4.43. The van der Waals surface area contributed by atoms with Crippen molar-refractivity contribution in [1.29, 1.82) is 0 Å². The molecular formula is C21H20F3N5O3S. The number of aromatic nitrogens is 2. The van der Waals surface area contributed by atoms with Gasteiger partial charge in [0.2, 0.25) is 0 Å². The summed E-state index contributed by atoms with van der Waals surface area (Å²) in [5.74, 6) is -1.06. The number of hydrogen-bond acceptors (Lipinski definition) is 6. The highest BCUT2D eigenvalue weighted by Crippen LogP contribution is 2.45. The van der Waals surface area contributed by atoms with Crippen LogP contribution in [0.5, 0.6) is 0 Å². The van der Waals surface area contributed by atoms with Crippen molar-refractivity contribution in [2.75, 3.05) is 10.6 Å². The van der Waals surface area contributed by atoms with E-state index in [9.17, 15) is 22.8 Å². The van der Waals surface area contributed by atoms with Gasteiger partial charge in [-0.3, -0.25) is 9.59 Å². The largest absolute Gasteiger partial charge is 0.467 e. The Morgan fingerprint density at radius 1 is 1.30 bits per heavy atom. The first kappa shape index (κ1) is 21.6. The van der Waals surface area contributed by atoms with Gasteiger partial charge in [-0.2, -0.15) is 18.3 Å². The fourth-order valence-electron chi connectivity index (χ4n) is 4.49. The fraction of sp³-hybridized carbons (Fsp3) is 0.381. The van der Waals surface area contributed by atoms with E-state index in [1.165, 1.54) is 17.6 Å². The van der Waals surface area contributed by atoms with E-state index in [1.807, 2.05) is 0 Å². The molecule has 174 valence electrons. The first-order valence-electron chi connectivity index (χ1n) is 10.4. The number of nitrogens with one attached hydrogen (secondary N) is 2. The number of aryl methyl sites for hydroxylation is 1. The molecule has 0 radical (unpaired) electrons. The lowest BCUT2D eigenvalue weighted by Crippen LogP contribution is -2.36. The van der Waals surface area contributed by atoms with Gasteiger partial charge >= 0.3 is 6.18 Å². The standard InChI is InChI=1S/C21H20F3N5O3S/c22-21(23,24)15-8-12(13-5-3-7-32-13)27-18-11(9-26-29(15)18)19(31)28-20-16(17(25)30)10-4-1-2-6-14(10)33-20/h3,5,7,9,12,15,27H,1-2,4,6,8H2,(H2,25,30)(H,28,31)/t12-,15-/m1/s1. The second kappa shape index (κ2) is 7.94. The Bertz CT molecular complexity index is 1210. The molecule has 0 aromatic carbocycles. The molecule has 2 amide bonds. The Morgan fingerprint density at radius 2 is 2.09 bits per heavy atom. The highest BCUT2D eigenvalue weighted by Gasteiger charge is 2.47. The van der Waals surface area contributed by atoms with Gasteiger partial charge < -0.3 is 20.8 Å². The number of anilines is 2. The fourth-order valence-corrected chi connectivity index (χ4v) is 5.78. The summed E-state index contributed by atoms with van der Waals surface area (Å²) in [5.41, 5.74) is 6.63. The van der Waals surface area contributed by atoms with Crippen molar-refractivity contribution in [1.82, 2.24) is 9.78 Å². The number of rotatable bonds is 4. The molecular weight excluding hydrogens is 459 g/mol. The van der Waals surface area contributed by atoms with Crippen molar-refractivity contribution in [3.8, 4) is 0 Å². The minimum absolute atomic E-state index is 0.0654. The molecule has 4 N–H and O–H groups in total. The van der Waals surface area contributed by atoms with Crippen molar-refractivity contribution >= 4 is 34.0 Å². The van der Waals surface area contributed by atoms with Crippen molar-refractivity contribution in [3.63, 3.8) is 0 Å². The molecule has 0 spiro atoms. The lowest BCUT2D eigenvalue weighted by Gasteiger charge is -2.32. The summed E-state index contributed by atoms with van der Waals surface area (Å²) >= 11 is 1.28. The molecule has 0 unspecified atom stereocenters. The molecule has 1 aliphatic carbocycles. The number of thiophene rings is 1. The van der Waals surface area contributed by atoms with E-state index in [1.54, 1.807) is 12.1 Å². The van der Waals surface area contributed by atoms with Gasteiger partial charge in [0.05, 0.1) is 24.1 Å². The summed E-state index contributed by atoms with van der Waals surface area (Å²) in [5, 5.41) is 9.82. The molecule has 0 saturated carbocycles. The van der Waals surface area contributed by atoms with Crippen LogP contribution >= 0.6 is 11.3 Å². The summed E-state index contributed by atoms with van der Waals surface area (Å²) in [6, 6.07) is 0.438. The summed E-state index contributed by atoms with van der Waals surface area (Å²) in [6.07, 6.45) is 0.949. The highest BCUT2D eigenvalue weighted by atomic mass is 32.1. The molecule has 0 bridgehead atoms. The van der Waals surface area contributed by atoms with Crippen LogP contribution in [-0.4, -0.2) is 27.8 Å². The third kappa shape index (κ3) is 3.77. The number of hydrogen-bond donors (Lipinski definition) is 3. The molecule has 2 atom stereocenters. The van der Waals surface area contributed by atoms with Gasteiger partial charge in [-0.05, 0) is 43.4 Å². The number of primary amides is 1. The quantitative estimate of drug-likeness (QED) is 0.512. The van der Waals surface area contributed by atoms with Gasteiger partial charge in [-0.15, -0.1) is 11.3 Å². The van der Waals surface area contributed by atoms with E-state index in [4.69, 9.17) is 10.2 Å². The second-order valence-corrected chi connectivity index (χ2v) is 9.20. The Morgan fingerprint density at radius 3 is 2.79 bits per heavy atom. The second-order valence-electron chi connectivity index (χ2n) is 8.09. The number of halogens is 3. The molecule has 0 saturated heterocycles. The Hall–Kier alpha value is -3.28. The van der Waals surface area contributed by atoms with Gasteiger partial charge in [0.25, 0.3) is 11.8 Å². The van der Waals surface area contributed by atoms with E-state index in [-0.39, 0.29) is 23.4 Å². The summed E-state index contributed by atoms with van der Waals surface area (Å²) in [6.45, 7) is 0. The number of fused-ring (bicyclic) bond motifs is 2. The zero-order valence-electron chi connectivity index (χ0n) is 17.2. The number of alkyl halides is 3. The molecule has 5 rings (SSSR count). The predicted molar refractivity (Wildman–Crippen MR) is 114 cm³/mol. The van der Waals surface area contributed by atoms with Crippen molar-refractivity contribution in [2.24, 2.45) is 5.73 Å². The van der Waals surface area contributed by atoms with Crippen LogP contribution in [0, 0.1) is 0 Å². The van der Waals surface area contributed by atoms with E-state index < -0.39 is 30.1 Å². The molecule has 3 aromatic heterocycles. The minimum atomic E-state index is -4.58. The lowest BCUT2D eigenvalue weighted by molar-refractivity contribution is -0.174. The Labute approximate surface area is 189 Å². The van der Waals surface area contributed by atoms with Gasteiger partial charge in [-0.1, -0.05) is 0 Å². The smallest absolute Gasteiger partial charge is 0.410 e. The Balaban J connectivity index is 1.50. The summed E-state index contributed by atoms with van der Waals surface area (Å²) in [7, 11) is 0. The maximum Gasteiger partial charge on any atom is 0.410 e. The molecule has 33 heavy (non-hydrogen) atoms. The molecule has 2 aliphatic rings. The van der Waals surface area contributed by atoms with Crippen LogP contribution in [0.1, 0.15) is 68.3 Å². The van der Waals surface area contributed by atoms with Crippen molar-refractivity contribution in [3.05, 3.63) is 51.9 Å². The summed E-state index contributed by atoms with van der Waals surface area (Å²) in [4.78, 5) is 26.2. The molecule has 3 aromatic rings. The van der Waals surface area contributed by atoms with Gasteiger partial charge in [0, 0.05) is 11.3 Å². The number of furan rings is 1. The van der Waals surface area contributed by atoms with E-state index in [0.29, 0.717) is 17.2 Å².